The summed E-state index contributed by atoms with van der Waals surface area (Å²) in [6, 6.07) is 0.222. The van der Waals surface area contributed by atoms with Crippen molar-refractivity contribution in [3.63, 3.8) is 0 Å². The van der Waals surface area contributed by atoms with Crippen LogP contribution in [0.4, 0.5) is 0 Å². The van der Waals surface area contributed by atoms with Crippen molar-refractivity contribution < 1.29 is 38.0 Å². The SMILES string of the molecule is CCCCC(CC)COC(CCOC(=O)CCN(CCC(=O)OCCC(OCC(CC)CCCC)OCC(CC)CCCC)CCC(C)n1ccnc1)OCC(CC)CCCC. The monoisotopic (exact) mass is 880 g/mol. The highest BCUT2D eigenvalue weighted by Crippen LogP contribution is 2.20. The maximum Gasteiger partial charge on any atom is 0.307 e. The van der Waals surface area contributed by atoms with E-state index in [1.54, 1.807) is 6.20 Å². The Kier molecular flexibility index (Phi) is 36.8. The molecular formula is C51H97N3O8. The van der Waals surface area contributed by atoms with Crippen LogP contribution in [-0.4, -0.2) is 98.2 Å². The van der Waals surface area contributed by atoms with Crippen LogP contribution < -0.4 is 0 Å². The largest absolute Gasteiger partial charge is 0.465 e. The third-order valence-electron chi connectivity index (χ3n) is 12.6. The summed E-state index contributed by atoms with van der Waals surface area (Å²) in [7, 11) is 0. The zero-order valence-electron chi connectivity index (χ0n) is 41.6. The van der Waals surface area contributed by atoms with E-state index in [-0.39, 0.29) is 44.0 Å². The van der Waals surface area contributed by atoms with Crippen molar-refractivity contribution in [3.8, 4) is 0 Å². The highest BCUT2D eigenvalue weighted by atomic mass is 16.7. The number of aromatic nitrogens is 2. The van der Waals surface area contributed by atoms with Gasteiger partial charge in [0.15, 0.2) is 12.6 Å². The molecule has 0 spiro atoms. The topological polar surface area (TPSA) is 111 Å². The van der Waals surface area contributed by atoms with Crippen LogP contribution in [0, 0.1) is 23.7 Å². The first kappa shape index (κ1) is 58.0. The lowest BCUT2D eigenvalue weighted by atomic mass is 10.0. The highest BCUT2D eigenvalue weighted by Gasteiger charge is 2.20. The molecule has 0 aliphatic heterocycles. The summed E-state index contributed by atoms with van der Waals surface area (Å²) in [5.41, 5.74) is 0. The van der Waals surface area contributed by atoms with Gasteiger partial charge in [-0.3, -0.25) is 9.59 Å². The second kappa shape index (κ2) is 39.3. The van der Waals surface area contributed by atoms with E-state index in [0.29, 0.717) is 82.6 Å². The Balaban J connectivity index is 2.81. The average Bonchev–Trinajstić information content (AvgIpc) is 3.84. The molecule has 11 heteroatoms. The molecule has 0 bridgehead atoms. The number of unbranched alkanes of at least 4 members (excludes halogenated alkanes) is 4. The maximum absolute atomic E-state index is 13.1. The van der Waals surface area contributed by atoms with Crippen molar-refractivity contribution in [3.05, 3.63) is 18.7 Å². The van der Waals surface area contributed by atoms with Crippen molar-refractivity contribution >= 4 is 11.9 Å². The summed E-state index contributed by atoms with van der Waals surface area (Å²) >= 11 is 0. The van der Waals surface area contributed by atoms with Crippen molar-refractivity contribution in [2.24, 2.45) is 23.7 Å². The minimum atomic E-state index is -0.396. The fourth-order valence-electron chi connectivity index (χ4n) is 7.56. The van der Waals surface area contributed by atoms with Gasteiger partial charge >= 0.3 is 11.9 Å². The Morgan fingerprint density at radius 3 is 1.21 bits per heavy atom. The van der Waals surface area contributed by atoms with Crippen LogP contribution in [0.5, 0.6) is 0 Å². The van der Waals surface area contributed by atoms with Crippen molar-refractivity contribution in [1.29, 1.82) is 0 Å². The molecule has 0 radical (unpaired) electrons. The van der Waals surface area contributed by atoms with E-state index in [4.69, 9.17) is 28.4 Å². The minimum absolute atomic E-state index is 0.222. The molecule has 1 rings (SSSR count). The van der Waals surface area contributed by atoms with E-state index in [9.17, 15) is 9.59 Å². The van der Waals surface area contributed by atoms with Gasteiger partial charge in [-0.05, 0) is 62.7 Å². The van der Waals surface area contributed by atoms with Crippen molar-refractivity contribution in [2.75, 3.05) is 59.3 Å². The molecule has 1 aromatic rings. The van der Waals surface area contributed by atoms with Gasteiger partial charge in [-0.1, -0.05) is 132 Å². The van der Waals surface area contributed by atoms with Crippen LogP contribution in [0.2, 0.25) is 0 Å². The van der Waals surface area contributed by atoms with Gasteiger partial charge in [0.05, 0.1) is 58.8 Å². The standard InChI is InChI=1S/C51H97N3O8/c1-10-18-22-44(14-5)38-59-50(60-39-45(15-6)23-19-11-2)29-36-57-48(55)27-33-53(32-26-43(9)54-35-31-52-42-54)34-28-49(56)58-37-30-51(61-40-46(16-7)24-20-12-3)62-41-47(17-8)25-21-13-4/h31,35,42-47,50-51H,10-30,32-34,36-41H2,1-9H3. The van der Waals surface area contributed by atoms with Crippen LogP contribution in [0.15, 0.2) is 18.7 Å². The van der Waals surface area contributed by atoms with E-state index in [1.807, 2.05) is 12.5 Å². The quantitative estimate of drug-likeness (QED) is 0.0464. The number of imidazole rings is 1. The van der Waals surface area contributed by atoms with Gasteiger partial charge in [0.2, 0.25) is 0 Å². The third kappa shape index (κ3) is 29.4. The van der Waals surface area contributed by atoms with E-state index >= 15 is 0 Å². The molecule has 5 unspecified atom stereocenters. The van der Waals surface area contributed by atoms with Gasteiger partial charge in [0, 0.05) is 50.9 Å². The minimum Gasteiger partial charge on any atom is -0.465 e. The molecule has 0 aliphatic rings. The predicted octanol–water partition coefficient (Wildman–Crippen LogP) is 12.4. The molecule has 62 heavy (non-hydrogen) atoms. The van der Waals surface area contributed by atoms with Gasteiger partial charge < -0.3 is 37.9 Å². The summed E-state index contributed by atoms with van der Waals surface area (Å²) in [6.07, 6.45) is 25.5. The number of esters is 2. The molecule has 364 valence electrons. The van der Waals surface area contributed by atoms with Crippen molar-refractivity contribution in [1.82, 2.24) is 14.5 Å². The summed E-state index contributed by atoms with van der Waals surface area (Å²) in [5.74, 6) is 1.50. The lowest BCUT2D eigenvalue weighted by Crippen LogP contribution is -2.32. The summed E-state index contributed by atoms with van der Waals surface area (Å²) in [5, 5.41) is 0. The zero-order valence-corrected chi connectivity index (χ0v) is 41.6. The number of rotatable bonds is 44. The molecule has 0 N–H and O–H groups in total. The van der Waals surface area contributed by atoms with Crippen LogP contribution >= 0.6 is 0 Å². The maximum atomic E-state index is 13.1. The van der Waals surface area contributed by atoms with Crippen LogP contribution in [0.1, 0.15) is 203 Å². The lowest BCUT2D eigenvalue weighted by Gasteiger charge is -2.25. The number of hydrogen-bond donors (Lipinski definition) is 0. The van der Waals surface area contributed by atoms with E-state index in [0.717, 1.165) is 57.8 Å². The Morgan fingerprint density at radius 1 is 0.532 bits per heavy atom. The smallest absolute Gasteiger partial charge is 0.307 e. The molecule has 0 aliphatic carbocycles. The van der Waals surface area contributed by atoms with E-state index in [1.165, 1.54) is 51.4 Å². The Morgan fingerprint density at radius 2 is 0.903 bits per heavy atom. The number of nitrogens with zero attached hydrogens (tertiary/aromatic N) is 3. The predicted molar refractivity (Wildman–Crippen MR) is 253 cm³/mol. The first-order valence-electron chi connectivity index (χ1n) is 25.6. The van der Waals surface area contributed by atoms with Gasteiger partial charge in [-0.25, -0.2) is 4.98 Å². The summed E-state index contributed by atoms with van der Waals surface area (Å²) in [4.78, 5) is 32.6. The van der Waals surface area contributed by atoms with E-state index in [2.05, 4.69) is 76.8 Å². The fraction of sp³-hybridized carbons (Fsp3) is 0.902. The Labute approximate surface area is 380 Å². The first-order valence-corrected chi connectivity index (χ1v) is 25.6. The molecule has 0 amide bonds. The normalized spacial score (nSPS) is 15.3. The average molecular weight is 880 g/mol. The van der Waals surface area contributed by atoms with Crippen LogP contribution in [-0.2, 0) is 38.0 Å². The molecule has 0 aromatic carbocycles. The molecule has 0 saturated carbocycles. The molecule has 0 saturated heterocycles. The Hall–Kier alpha value is -2.05. The van der Waals surface area contributed by atoms with Gasteiger partial charge in [0.25, 0.3) is 0 Å². The number of ether oxygens (including phenoxy) is 6. The molecule has 1 aromatic heterocycles. The first-order chi connectivity index (χ1) is 30.2. The van der Waals surface area contributed by atoms with Gasteiger partial charge in [-0.15, -0.1) is 0 Å². The van der Waals surface area contributed by atoms with Crippen LogP contribution in [0.25, 0.3) is 0 Å². The van der Waals surface area contributed by atoms with Gasteiger partial charge in [-0.2, -0.15) is 0 Å². The Bertz CT molecular complexity index is 1050. The number of carbonyl (C=O) groups excluding carboxylic acids is 2. The van der Waals surface area contributed by atoms with Crippen LogP contribution in [0.3, 0.4) is 0 Å². The third-order valence-corrected chi connectivity index (χ3v) is 12.6. The highest BCUT2D eigenvalue weighted by molar-refractivity contribution is 5.70. The molecule has 11 nitrogen and oxygen atoms in total. The summed E-state index contributed by atoms with van der Waals surface area (Å²) < 4.78 is 39.0. The van der Waals surface area contributed by atoms with Gasteiger partial charge in [0.1, 0.15) is 0 Å². The second-order valence-corrected chi connectivity index (χ2v) is 17.9. The molecule has 5 atom stereocenters. The molecule has 0 fully saturated rings. The fourth-order valence-corrected chi connectivity index (χ4v) is 7.56. The zero-order chi connectivity index (χ0) is 45.6. The number of carbonyl (C=O) groups is 2. The summed E-state index contributed by atoms with van der Waals surface area (Å²) in [6.45, 7) is 24.8. The van der Waals surface area contributed by atoms with Crippen molar-refractivity contribution in [2.45, 2.75) is 216 Å². The second-order valence-electron chi connectivity index (χ2n) is 17.9. The lowest BCUT2D eigenvalue weighted by molar-refractivity contribution is -0.171. The molecular weight excluding hydrogens is 783 g/mol. The van der Waals surface area contributed by atoms with E-state index < -0.39 is 12.6 Å². The number of hydrogen-bond acceptors (Lipinski definition) is 10. The molecule has 1 heterocycles.